The summed E-state index contributed by atoms with van der Waals surface area (Å²) < 4.78 is 22.8. The Morgan fingerprint density at radius 3 is 1.86 bits per heavy atom. The van der Waals surface area contributed by atoms with E-state index >= 15 is 0 Å². The predicted molar refractivity (Wildman–Crippen MR) is 152 cm³/mol. The van der Waals surface area contributed by atoms with E-state index in [1.54, 1.807) is 0 Å². The minimum absolute atomic E-state index is 0.0497. The van der Waals surface area contributed by atoms with Crippen LogP contribution in [0.5, 0.6) is 0 Å². The molecule has 4 aliphatic carbocycles. The highest BCUT2D eigenvalue weighted by Crippen LogP contribution is 2.54. The molecule has 8 aliphatic rings. The number of esters is 4. The molecule has 4 saturated carbocycles. The number of fused-ring (bicyclic) bond motifs is 2. The van der Waals surface area contributed by atoms with Crippen molar-refractivity contribution in [3.05, 3.63) is 0 Å². The van der Waals surface area contributed by atoms with Crippen molar-refractivity contribution in [1.29, 1.82) is 0 Å². The second-order valence-electron chi connectivity index (χ2n) is 15.4. The number of aliphatic hydroxyl groups is 1. The lowest BCUT2D eigenvalue weighted by Gasteiger charge is -2.50. The van der Waals surface area contributed by atoms with Crippen LogP contribution in [0.2, 0.25) is 0 Å². The number of hydrogen-bond donors (Lipinski definition) is 1. The van der Waals surface area contributed by atoms with Gasteiger partial charge in [0.05, 0.1) is 28.3 Å². The minimum Gasteiger partial charge on any atom is -0.462 e. The van der Waals surface area contributed by atoms with Crippen molar-refractivity contribution in [2.75, 3.05) is 0 Å². The van der Waals surface area contributed by atoms with Crippen molar-refractivity contribution >= 4 is 30.0 Å². The van der Waals surface area contributed by atoms with Gasteiger partial charge in [0.25, 0.3) is 0 Å². The molecule has 1 N–H and O–H groups in total. The molecule has 4 heterocycles. The number of hydrogen-bond acceptors (Lipinski definition) is 11. The maximum Gasteiger partial charge on any atom is 0.373 e. The molecule has 0 aromatic carbocycles. The summed E-state index contributed by atoms with van der Waals surface area (Å²) in [6.07, 6.45) is 7.74. The van der Waals surface area contributed by atoms with Crippen LogP contribution in [0.3, 0.4) is 0 Å². The normalized spacial score (nSPS) is 37.9. The van der Waals surface area contributed by atoms with Crippen molar-refractivity contribution in [2.45, 2.75) is 148 Å². The maximum atomic E-state index is 12.4. The fraction of sp³-hybridized carbons (Fsp3) is 0.848. The monoisotopic (exact) mass is 620 g/mol. The van der Waals surface area contributed by atoms with E-state index in [1.807, 2.05) is 41.5 Å². The predicted octanol–water partition coefficient (Wildman–Crippen LogP) is 4.21. The topological polar surface area (TPSA) is 160 Å². The van der Waals surface area contributed by atoms with Crippen LogP contribution in [0, 0.1) is 28.6 Å². The zero-order valence-electron chi connectivity index (χ0n) is 26.9. The van der Waals surface area contributed by atoms with Crippen molar-refractivity contribution in [1.82, 2.24) is 0 Å². The van der Waals surface area contributed by atoms with Crippen LogP contribution < -0.4 is 0 Å². The molecule has 4 aliphatic heterocycles. The summed E-state index contributed by atoms with van der Waals surface area (Å²) in [4.78, 5) is 65.1. The maximum absolute atomic E-state index is 12.4. The van der Waals surface area contributed by atoms with Crippen molar-refractivity contribution in [3.63, 3.8) is 0 Å². The van der Waals surface area contributed by atoms with E-state index in [0.717, 1.165) is 25.7 Å². The van der Waals surface area contributed by atoms with Gasteiger partial charge in [-0.25, -0.2) is 0 Å². The standard InChI is InChI=1S/C16H24O5.C16H24O4.CO2/c1-4-14(2,3)13(18)21-16-6-10-5-15(19,9-16)7-11(8-16)20-12(10)17;1-4-15(2,3)14(18)20-16-7-10-5-11(8-16)13(17)19-12(6-10)9-16;2-1-3/h10-11,19H,4-9H2,1-3H3;10-12H,4-9H2,1-3H3;. The van der Waals surface area contributed by atoms with Gasteiger partial charge in [-0.05, 0) is 72.1 Å². The fourth-order valence-corrected chi connectivity index (χ4v) is 8.03. The average molecular weight is 621 g/mol. The molecule has 8 unspecified atom stereocenters. The van der Waals surface area contributed by atoms with Gasteiger partial charge in [-0.3, -0.25) is 19.2 Å². The van der Waals surface area contributed by atoms with Gasteiger partial charge < -0.3 is 24.1 Å². The van der Waals surface area contributed by atoms with Crippen molar-refractivity contribution in [2.24, 2.45) is 28.6 Å². The molecule has 8 rings (SSSR count). The highest BCUT2D eigenvalue weighted by atomic mass is 16.6. The first kappa shape index (κ1) is 34.1. The Bertz CT molecular complexity index is 1190. The summed E-state index contributed by atoms with van der Waals surface area (Å²) in [5.74, 6) is -0.658. The van der Waals surface area contributed by atoms with Crippen molar-refractivity contribution in [3.8, 4) is 0 Å². The van der Waals surface area contributed by atoms with E-state index in [-0.39, 0.29) is 54.1 Å². The first-order valence-electron chi connectivity index (χ1n) is 16.0. The molecule has 246 valence electrons. The Morgan fingerprint density at radius 2 is 1.27 bits per heavy atom. The highest BCUT2D eigenvalue weighted by molar-refractivity contribution is 5.78. The molecule has 0 amide bonds. The Morgan fingerprint density at radius 1 is 0.773 bits per heavy atom. The smallest absolute Gasteiger partial charge is 0.373 e. The fourth-order valence-electron chi connectivity index (χ4n) is 8.03. The van der Waals surface area contributed by atoms with Crippen LogP contribution in [0.25, 0.3) is 0 Å². The number of ether oxygens (including phenoxy) is 4. The van der Waals surface area contributed by atoms with E-state index < -0.39 is 27.6 Å². The third kappa shape index (κ3) is 7.04. The molecule has 0 aromatic heterocycles. The largest absolute Gasteiger partial charge is 0.462 e. The molecule has 8 bridgehead atoms. The van der Waals surface area contributed by atoms with Gasteiger partial charge in [0, 0.05) is 38.5 Å². The minimum atomic E-state index is -0.936. The van der Waals surface area contributed by atoms with Crippen LogP contribution in [0.15, 0.2) is 0 Å². The number of carbonyl (C=O) groups is 4. The molecule has 11 nitrogen and oxygen atoms in total. The zero-order chi connectivity index (χ0) is 32.7. The Balaban J connectivity index is 0.000000185. The zero-order valence-corrected chi connectivity index (χ0v) is 26.9. The van der Waals surface area contributed by atoms with Gasteiger partial charge in [0.15, 0.2) is 0 Å². The van der Waals surface area contributed by atoms with Gasteiger partial charge in [-0.1, -0.05) is 13.8 Å². The van der Waals surface area contributed by atoms with E-state index in [2.05, 4.69) is 0 Å². The Kier molecular flexibility index (Phi) is 9.45. The first-order chi connectivity index (χ1) is 20.4. The van der Waals surface area contributed by atoms with Gasteiger partial charge >= 0.3 is 30.0 Å². The second-order valence-corrected chi connectivity index (χ2v) is 15.4. The van der Waals surface area contributed by atoms with Gasteiger partial charge in [-0.15, -0.1) is 0 Å². The van der Waals surface area contributed by atoms with E-state index in [0.29, 0.717) is 57.3 Å². The summed E-state index contributed by atoms with van der Waals surface area (Å²) in [5.41, 5.74) is -3.13. The van der Waals surface area contributed by atoms with Crippen LogP contribution in [-0.4, -0.2) is 64.1 Å². The van der Waals surface area contributed by atoms with Crippen LogP contribution in [0.1, 0.15) is 119 Å². The Labute approximate surface area is 259 Å². The molecule has 11 heteroatoms. The highest BCUT2D eigenvalue weighted by Gasteiger charge is 2.61. The molecular formula is C33H48O11. The quantitative estimate of drug-likeness (QED) is 0.335. The molecule has 4 saturated heterocycles. The summed E-state index contributed by atoms with van der Waals surface area (Å²) in [5, 5.41) is 10.7. The Hall–Kier alpha value is -2.78. The molecule has 8 atom stereocenters. The molecular weight excluding hydrogens is 572 g/mol. The molecule has 0 radical (unpaired) electrons. The van der Waals surface area contributed by atoms with E-state index in [4.69, 9.17) is 28.5 Å². The molecule has 8 fully saturated rings. The summed E-state index contributed by atoms with van der Waals surface area (Å²) >= 11 is 0. The van der Waals surface area contributed by atoms with E-state index in [1.165, 1.54) is 0 Å². The number of carbonyl (C=O) groups excluding carboxylic acids is 6. The molecule has 44 heavy (non-hydrogen) atoms. The van der Waals surface area contributed by atoms with Gasteiger partial charge in [-0.2, -0.15) is 9.59 Å². The molecule has 0 aromatic rings. The van der Waals surface area contributed by atoms with Crippen LogP contribution in [-0.2, 0) is 47.7 Å². The second kappa shape index (κ2) is 12.2. The lowest BCUT2D eigenvalue weighted by Crippen LogP contribution is -2.57. The summed E-state index contributed by atoms with van der Waals surface area (Å²) in [7, 11) is 0. The SMILES string of the molecule is CCC(C)(C)C(=O)OC12CC3CC(C1)OC(=O)C(C3)C2.CCC(C)(C)C(=O)OC12CC3CC(O)(CC(C1)C(=O)O3)C2.O=C=O. The third-order valence-corrected chi connectivity index (χ3v) is 10.9. The first-order valence-corrected chi connectivity index (χ1v) is 16.0. The third-order valence-electron chi connectivity index (χ3n) is 10.9. The lowest BCUT2D eigenvalue weighted by molar-refractivity contribution is -0.202. The summed E-state index contributed by atoms with van der Waals surface area (Å²) in [6.45, 7) is 11.5. The van der Waals surface area contributed by atoms with Crippen LogP contribution >= 0.6 is 0 Å². The van der Waals surface area contributed by atoms with E-state index in [9.17, 15) is 24.3 Å². The lowest BCUT2D eigenvalue weighted by atomic mass is 9.62. The average Bonchev–Trinajstić information content (AvgIpc) is 3.17. The molecule has 0 spiro atoms. The van der Waals surface area contributed by atoms with Crippen LogP contribution in [0.4, 0.5) is 0 Å². The van der Waals surface area contributed by atoms with Crippen molar-refractivity contribution < 1.29 is 52.8 Å². The van der Waals surface area contributed by atoms with Gasteiger partial charge in [0.2, 0.25) is 0 Å². The van der Waals surface area contributed by atoms with Gasteiger partial charge in [0.1, 0.15) is 23.4 Å². The summed E-state index contributed by atoms with van der Waals surface area (Å²) in [6, 6.07) is 0. The number of rotatable bonds is 6.